The lowest BCUT2D eigenvalue weighted by Gasteiger charge is -2.17. The van der Waals surface area contributed by atoms with Gasteiger partial charge in [0.25, 0.3) is 0 Å². The van der Waals surface area contributed by atoms with Crippen LogP contribution in [0, 0.1) is 0 Å². The molecule has 0 saturated carbocycles. The molecule has 0 radical (unpaired) electrons. The molecule has 1 atom stereocenters. The SMILES string of the molecule is C/C=C(Cl)\C1=N/C(C)Nc2cccc(c2)CCc2cc(ccc2NC(=O)N(C)C)N1.C=CC. The summed E-state index contributed by atoms with van der Waals surface area (Å²) >= 11 is 6.42. The van der Waals surface area contributed by atoms with Gasteiger partial charge < -0.3 is 20.9 Å². The minimum absolute atomic E-state index is 0.158. The van der Waals surface area contributed by atoms with Crippen LogP contribution in [0.15, 0.2) is 71.2 Å². The molecule has 0 spiro atoms. The number of nitrogens with one attached hydrogen (secondary N) is 3. The third-order valence-corrected chi connectivity index (χ3v) is 5.20. The van der Waals surface area contributed by atoms with E-state index in [4.69, 9.17) is 16.6 Å². The van der Waals surface area contributed by atoms with Crippen molar-refractivity contribution in [2.24, 2.45) is 4.99 Å². The molecule has 7 heteroatoms. The Hall–Kier alpha value is -3.25. The van der Waals surface area contributed by atoms with Crippen LogP contribution in [0.5, 0.6) is 0 Å². The number of aliphatic imine (C=N–C) groups is 1. The van der Waals surface area contributed by atoms with Gasteiger partial charge in [-0.15, -0.1) is 6.58 Å². The summed E-state index contributed by atoms with van der Waals surface area (Å²) < 4.78 is 0. The average Bonchev–Trinajstić information content (AvgIpc) is 2.78. The number of urea groups is 1. The molecule has 176 valence electrons. The van der Waals surface area contributed by atoms with Crippen LogP contribution in [0.25, 0.3) is 0 Å². The van der Waals surface area contributed by atoms with Crippen LogP contribution in [0.3, 0.4) is 0 Å². The standard InChI is InChI=1S/C23H28ClN5O.C3H6/c1-5-20(24)22-26-15(2)25-18-8-6-7-16(13-18)9-10-17-14-19(27-22)11-12-21(17)28-23(30)29(3)4;1-3-2/h5-8,11-15,25H,9-10H2,1-4H3,(H,26,27)(H,28,30);3H,1H2,2H3/b20-5+;. The smallest absolute Gasteiger partial charge is 0.321 e. The predicted molar refractivity (Wildman–Crippen MR) is 143 cm³/mol. The maximum absolute atomic E-state index is 12.2. The maximum atomic E-state index is 12.2. The molecule has 1 aliphatic heterocycles. The molecule has 3 N–H and O–H groups in total. The van der Waals surface area contributed by atoms with E-state index >= 15 is 0 Å². The van der Waals surface area contributed by atoms with Gasteiger partial charge in [0.2, 0.25) is 0 Å². The number of rotatable bonds is 2. The number of anilines is 3. The van der Waals surface area contributed by atoms with Crippen LogP contribution in [-0.4, -0.2) is 37.0 Å². The summed E-state index contributed by atoms with van der Waals surface area (Å²) in [5.74, 6) is 0.589. The lowest BCUT2D eigenvalue weighted by Crippen LogP contribution is -2.27. The van der Waals surface area contributed by atoms with Gasteiger partial charge in [-0.3, -0.25) is 0 Å². The lowest BCUT2D eigenvalue weighted by atomic mass is 10.0. The Morgan fingerprint density at radius 1 is 1.18 bits per heavy atom. The van der Waals surface area contributed by atoms with Crippen molar-refractivity contribution in [1.29, 1.82) is 0 Å². The molecule has 2 aromatic carbocycles. The minimum atomic E-state index is -0.171. The van der Waals surface area contributed by atoms with Gasteiger partial charge in [0.05, 0.1) is 5.03 Å². The van der Waals surface area contributed by atoms with E-state index in [2.05, 4.69) is 34.7 Å². The van der Waals surface area contributed by atoms with Crippen LogP contribution in [0.1, 0.15) is 31.9 Å². The quantitative estimate of drug-likeness (QED) is 0.442. The largest absolute Gasteiger partial charge is 0.364 e. The second-order valence-corrected chi connectivity index (χ2v) is 8.27. The number of halogens is 1. The van der Waals surface area contributed by atoms with E-state index in [1.165, 1.54) is 10.5 Å². The van der Waals surface area contributed by atoms with E-state index in [0.29, 0.717) is 10.9 Å². The highest BCUT2D eigenvalue weighted by Crippen LogP contribution is 2.25. The van der Waals surface area contributed by atoms with Crippen LogP contribution in [-0.2, 0) is 12.8 Å². The highest BCUT2D eigenvalue weighted by Gasteiger charge is 2.13. The zero-order chi connectivity index (χ0) is 24.4. The molecule has 4 bridgehead atoms. The zero-order valence-electron chi connectivity index (χ0n) is 20.1. The first kappa shape index (κ1) is 26.0. The molecule has 1 heterocycles. The molecule has 2 aromatic rings. The number of carbonyl (C=O) groups excluding carboxylic acids is 1. The molecular formula is C26H34ClN5O. The molecule has 0 saturated heterocycles. The summed E-state index contributed by atoms with van der Waals surface area (Å²) in [6.07, 6.45) is 5.02. The first-order chi connectivity index (χ1) is 15.8. The number of amidine groups is 1. The number of fused-ring (bicyclic) bond motifs is 4. The van der Waals surface area contributed by atoms with Gasteiger partial charge in [-0.2, -0.15) is 0 Å². The topological polar surface area (TPSA) is 68.8 Å². The fraction of sp³-hybridized carbons (Fsp3) is 0.308. The number of amides is 2. The van der Waals surface area contributed by atoms with Crippen LogP contribution < -0.4 is 16.0 Å². The van der Waals surface area contributed by atoms with Crippen molar-refractivity contribution in [3.63, 3.8) is 0 Å². The van der Waals surface area contributed by atoms with Gasteiger partial charge >= 0.3 is 6.03 Å². The molecule has 1 unspecified atom stereocenters. The maximum Gasteiger partial charge on any atom is 0.321 e. The lowest BCUT2D eigenvalue weighted by molar-refractivity contribution is 0.230. The second-order valence-electron chi connectivity index (χ2n) is 7.86. The van der Waals surface area contributed by atoms with E-state index in [9.17, 15) is 4.79 Å². The monoisotopic (exact) mass is 467 g/mol. The molecule has 6 nitrogen and oxygen atoms in total. The van der Waals surface area contributed by atoms with Crippen molar-refractivity contribution in [2.45, 2.75) is 39.8 Å². The van der Waals surface area contributed by atoms with Gasteiger partial charge in [-0.25, -0.2) is 9.79 Å². The van der Waals surface area contributed by atoms with Crippen molar-refractivity contribution in [3.8, 4) is 0 Å². The number of hydrogen-bond donors (Lipinski definition) is 3. The van der Waals surface area contributed by atoms with Crippen molar-refractivity contribution in [2.75, 3.05) is 30.0 Å². The summed E-state index contributed by atoms with van der Waals surface area (Å²) in [5.41, 5.74) is 4.92. The van der Waals surface area contributed by atoms with Crippen molar-refractivity contribution >= 4 is 40.5 Å². The summed E-state index contributed by atoms with van der Waals surface area (Å²) in [6, 6.07) is 14.0. The number of hydrogen-bond acceptors (Lipinski definition) is 4. The van der Waals surface area contributed by atoms with Gasteiger partial charge in [0, 0.05) is 31.2 Å². The first-order valence-electron chi connectivity index (χ1n) is 11.0. The van der Waals surface area contributed by atoms with Gasteiger partial charge in [0.15, 0.2) is 0 Å². The van der Waals surface area contributed by atoms with E-state index in [1.54, 1.807) is 20.2 Å². The highest BCUT2D eigenvalue weighted by molar-refractivity contribution is 6.44. The zero-order valence-corrected chi connectivity index (χ0v) is 20.8. The Bertz CT molecular complexity index is 1030. The van der Waals surface area contributed by atoms with E-state index < -0.39 is 0 Å². The Morgan fingerprint density at radius 3 is 2.58 bits per heavy atom. The fourth-order valence-corrected chi connectivity index (χ4v) is 3.31. The van der Waals surface area contributed by atoms with Crippen molar-refractivity contribution in [1.82, 2.24) is 4.90 Å². The molecule has 0 fully saturated rings. The molecular weight excluding hydrogens is 434 g/mol. The van der Waals surface area contributed by atoms with Gasteiger partial charge in [-0.1, -0.05) is 35.9 Å². The Labute approximate surface area is 202 Å². The Morgan fingerprint density at radius 2 is 1.91 bits per heavy atom. The Balaban J connectivity index is 0.00000122. The summed E-state index contributed by atoms with van der Waals surface area (Å²) in [4.78, 5) is 18.5. The summed E-state index contributed by atoms with van der Waals surface area (Å²) in [6.45, 7) is 9.11. The number of carbonyl (C=O) groups is 1. The predicted octanol–water partition coefficient (Wildman–Crippen LogP) is 6.48. The average molecular weight is 468 g/mol. The van der Waals surface area contributed by atoms with E-state index in [0.717, 1.165) is 35.5 Å². The molecule has 0 aromatic heterocycles. The molecule has 1 aliphatic rings. The molecule has 2 amide bonds. The highest BCUT2D eigenvalue weighted by atomic mass is 35.5. The molecule has 3 rings (SSSR count). The van der Waals surface area contributed by atoms with Crippen molar-refractivity contribution in [3.05, 3.63) is 77.4 Å². The van der Waals surface area contributed by atoms with Gasteiger partial charge in [0.1, 0.15) is 12.0 Å². The first-order valence-corrected chi connectivity index (χ1v) is 11.4. The minimum Gasteiger partial charge on any atom is -0.364 e. The number of allylic oxidation sites excluding steroid dienone is 2. The summed E-state index contributed by atoms with van der Waals surface area (Å²) in [5, 5.41) is 10.3. The normalized spacial score (nSPS) is 17.1. The third kappa shape index (κ3) is 7.99. The second kappa shape index (κ2) is 12.7. The number of benzene rings is 2. The van der Waals surface area contributed by atoms with Crippen LogP contribution >= 0.6 is 11.6 Å². The number of nitrogens with zero attached hydrogens (tertiary/aromatic N) is 2. The van der Waals surface area contributed by atoms with Crippen molar-refractivity contribution < 1.29 is 4.79 Å². The fourth-order valence-electron chi connectivity index (χ4n) is 3.22. The Kier molecular flexibility index (Phi) is 10.0. The summed E-state index contributed by atoms with van der Waals surface area (Å²) in [7, 11) is 3.45. The molecule has 0 aliphatic carbocycles. The third-order valence-electron chi connectivity index (χ3n) is 4.80. The van der Waals surface area contributed by atoms with E-state index in [1.807, 2.05) is 57.2 Å². The molecule has 33 heavy (non-hydrogen) atoms. The number of aryl methyl sites for hydroxylation is 2. The van der Waals surface area contributed by atoms with Crippen LogP contribution in [0.4, 0.5) is 21.9 Å². The van der Waals surface area contributed by atoms with Gasteiger partial charge in [-0.05, 0) is 75.1 Å². The van der Waals surface area contributed by atoms with E-state index in [-0.39, 0.29) is 12.2 Å². The van der Waals surface area contributed by atoms with Crippen LogP contribution in [0.2, 0.25) is 0 Å².